The van der Waals surface area contributed by atoms with E-state index in [0.29, 0.717) is 28.1 Å². The second-order valence-corrected chi connectivity index (χ2v) is 18.1. The summed E-state index contributed by atoms with van der Waals surface area (Å²) < 4.78 is 11.3. The number of urea groups is 1. The third-order valence-electron chi connectivity index (χ3n) is 12.3. The number of ether oxygens (including phenoxy) is 2. The topological polar surface area (TPSA) is 326 Å². The standard InChI is InChI=1S/C54H56N10O14/c65-43(21-23-63-48(70)18-19-49(63)71)56-27-46(68)57-29-47(69)61-41(25-33-4-2-1-3-5-33)51(73)58-28-45(67)55-22-20-50(72)78-32-35-8-6-34(7-9-35)31-77-39-13-11-38(12-14-39)60-54(76)59-26-36-10-15-40-37(24-36)30-64(53(40)75)42-16-17-44(66)62-52(42)74/h1-15,18-19,24,41-42H,16-17,20-23,25-32H2,(H,55,67)(H,56,65)(H,57,68)(H,58,73)(H,61,69)(H2,59,60,76)(H,62,66,74)/t41-,42?/m0/s1. The molecule has 1 saturated heterocycles. The Kier molecular flexibility index (Phi) is 19.5. The van der Waals surface area contributed by atoms with Gasteiger partial charge in [0.25, 0.3) is 17.7 Å². The summed E-state index contributed by atoms with van der Waals surface area (Å²) in [5.74, 6) is -5.55. The number of imide groups is 2. The van der Waals surface area contributed by atoms with Crippen LogP contribution in [0.3, 0.4) is 0 Å². The van der Waals surface area contributed by atoms with Gasteiger partial charge in [0.05, 0.1) is 26.1 Å². The molecule has 0 saturated carbocycles. The van der Waals surface area contributed by atoms with Crippen molar-refractivity contribution in [2.45, 2.75) is 70.5 Å². The lowest BCUT2D eigenvalue weighted by Gasteiger charge is -2.29. The Morgan fingerprint density at radius 2 is 1.31 bits per heavy atom. The molecule has 24 nitrogen and oxygen atoms in total. The number of piperidine rings is 1. The van der Waals surface area contributed by atoms with Crippen molar-refractivity contribution in [2.75, 3.05) is 38.0 Å². The molecule has 0 spiro atoms. The van der Waals surface area contributed by atoms with Crippen LogP contribution >= 0.6 is 0 Å². The summed E-state index contributed by atoms with van der Waals surface area (Å²) in [6, 6.07) is 25.7. The van der Waals surface area contributed by atoms with Crippen molar-refractivity contribution in [3.63, 3.8) is 0 Å². The Bertz CT molecular complexity index is 2970. The molecule has 4 aromatic carbocycles. The molecule has 7 rings (SSSR count). The number of esters is 1. The summed E-state index contributed by atoms with van der Waals surface area (Å²) in [7, 11) is 0. The molecule has 0 radical (unpaired) electrons. The molecule has 3 heterocycles. The maximum Gasteiger partial charge on any atom is 0.319 e. The molecule has 406 valence electrons. The minimum Gasteiger partial charge on any atom is -0.489 e. The number of hydrogen-bond donors (Lipinski definition) is 8. The fourth-order valence-electron chi connectivity index (χ4n) is 8.20. The van der Waals surface area contributed by atoms with Gasteiger partial charge in [0.2, 0.25) is 41.4 Å². The quantitative estimate of drug-likeness (QED) is 0.0327. The first-order chi connectivity index (χ1) is 37.6. The van der Waals surface area contributed by atoms with Crippen molar-refractivity contribution < 1.29 is 67.0 Å². The van der Waals surface area contributed by atoms with Crippen molar-refractivity contribution in [2.24, 2.45) is 0 Å². The van der Waals surface area contributed by atoms with Gasteiger partial charge < -0.3 is 51.6 Å². The van der Waals surface area contributed by atoms with Gasteiger partial charge in [0.1, 0.15) is 31.0 Å². The van der Waals surface area contributed by atoms with Crippen LogP contribution in [0.2, 0.25) is 0 Å². The molecule has 3 aliphatic rings. The van der Waals surface area contributed by atoms with Crippen LogP contribution in [0.25, 0.3) is 0 Å². The van der Waals surface area contributed by atoms with Crippen LogP contribution in [-0.2, 0) is 85.4 Å². The molecule has 78 heavy (non-hydrogen) atoms. The highest BCUT2D eigenvalue weighted by Crippen LogP contribution is 2.28. The van der Waals surface area contributed by atoms with E-state index in [4.69, 9.17) is 9.47 Å². The molecule has 1 fully saturated rings. The zero-order chi connectivity index (χ0) is 55.6. The smallest absolute Gasteiger partial charge is 0.319 e. The van der Waals surface area contributed by atoms with Gasteiger partial charge in [0.15, 0.2) is 0 Å². The van der Waals surface area contributed by atoms with Gasteiger partial charge in [-0.05, 0) is 64.6 Å². The molecule has 0 bridgehead atoms. The van der Waals surface area contributed by atoms with Crippen LogP contribution in [0.4, 0.5) is 10.5 Å². The summed E-state index contributed by atoms with van der Waals surface area (Å²) in [5, 5.41) is 20.1. The fraction of sp³-hybridized carbons (Fsp3) is 0.296. The third kappa shape index (κ3) is 16.6. The molecule has 24 heteroatoms. The van der Waals surface area contributed by atoms with Crippen LogP contribution in [0.1, 0.15) is 63.9 Å². The van der Waals surface area contributed by atoms with E-state index in [1.54, 1.807) is 78.9 Å². The monoisotopic (exact) mass is 1070 g/mol. The highest BCUT2D eigenvalue weighted by Gasteiger charge is 2.39. The van der Waals surface area contributed by atoms with E-state index >= 15 is 0 Å². The largest absolute Gasteiger partial charge is 0.489 e. The summed E-state index contributed by atoms with van der Waals surface area (Å²) in [6.45, 7) is -1.11. The highest BCUT2D eigenvalue weighted by molar-refractivity contribution is 6.13. The molecular formula is C54H56N10O14. The second-order valence-electron chi connectivity index (χ2n) is 18.1. The first-order valence-corrected chi connectivity index (χ1v) is 24.8. The van der Waals surface area contributed by atoms with Gasteiger partial charge in [0, 0.05) is 68.8 Å². The number of anilines is 1. The molecule has 3 aliphatic heterocycles. The summed E-state index contributed by atoms with van der Waals surface area (Å²) in [6.07, 6.45) is 2.28. The summed E-state index contributed by atoms with van der Waals surface area (Å²) >= 11 is 0. The maximum absolute atomic E-state index is 13.2. The van der Waals surface area contributed by atoms with Crippen molar-refractivity contribution in [3.05, 3.63) is 143 Å². The lowest BCUT2D eigenvalue weighted by molar-refractivity contribution is -0.145. The lowest BCUT2D eigenvalue weighted by Crippen LogP contribution is -2.52. The Balaban J connectivity index is 0.741. The lowest BCUT2D eigenvalue weighted by atomic mass is 10.0. The van der Waals surface area contributed by atoms with Crippen LogP contribution in [-0.4, -0.2) is 126 Å². The van der Waals surface area contributed by atoms with Gasteiger partial charge >= 0.3 is 12.0 Å². The average Bonchev–Trinajstić information content (AvgIpc) is 3.96. The minimum atomic E-state index is -1.14. The molecule has 2 atom stereocenters. The van der Waals surface area contributed by atoms with E-state index in [1.165, 1.54) is 4.90 Å². The molecular weight excluding hydrogens is 1010 g/mol. The van der Waals surface area contributed by atoms with Crippen LogP contribution < -0.4 is 47.3 Å². The van der Waals surface area contributed by atoms with Gasteiger partial charge in [-0.2, -0.15) is 0 Å². The minimum absolute atomic E-state index is 0.0222. The van der Waals surface area contributed by atoms with Crippen molar-refractivity contribution >= 4 is 76.8 Å². The van der Waals surface area contributed by atoms with Crippen LogP contribution in [0, 0.1) is 0 Å². The maximum atomic E-state index is 13.2. The summed E-state index contributed by atoms with van der Waals surface area (Å²) in [4.78, 5) is 151. The molecule has 0 aromatic heterocycles. The summed E-state index contributed by atoms with van der Waals surface area (Å²) in [5.41, 5.74) is 4.75. The molecule has 1 unspecified atom stereocenters. The Morgan fingerprint density at radius 3 is 2.03 bits per heavy atom. The van der Waals surface area contributed by atoms with Crippen LogP contribution in [0.5, 0.6) is 5.75 Å². The van der Waals surface area contributed by atoms with E-state index in [2.05, 4.69) is 42.5 Å². The van der Waals surface area contributed by atoms with E-state index in [9.17, 15) is 57.5 Å². The van der Waals surface area contributed by atoms with Crippen molar-refractivity contribution in [1.82, 2.24) is 47.0 Å². The van der Waals surface area contributed by atoms with Crippen LogP contribution in [0.15, 0.2) is 109 Å². The Labute approximate surface area is 446 Å². The van der Waals surface area contributed by atoms with Gasteiger partial charge in [-0.25, -0.2) is 4.79 Å². The van der Waals surface area contributed by atoms with Gasteiger partial charge in [-0.1, -0.05) is 66.7 Å². The predicted octanol–water partition coefficient (Wildman–Crippen LogP) is 0.289. The number of benzene rings is 4. The molecule has 4 aromatic rings. The van der Waals surface area contributed by atoms with Gasteiger partial charge in [-0.3, -0.25) is 63.0 Å². The van der Waals surface area contributed by atoms with Crippen molar-refractivity contribution in [1.29, 1.82) is 0 Å². The number of nitrogens with one attached hydrogen (secondary N) is 8. The number of carbonyl (C=O) groups is 12. The molecule has 12 amide bonds. The zero-order valence-corrected chi connectivity index (χ0v) is 42.1. The number of amides is 12. The predicted molar refractivity (Wildman–Crippen MR) is 275 cm³/mol. The normalized spacial score (nSPS) is 14.9. The number of rotatable bonds is 25. The molecule has 8 N–H and O–H groups in total. The zero-order valence-electron chi connectivity index (χ0n) is 42.1. The first kappa shape index (κ1) is 56.0. The number of carbonyl (C=O) groups excluding carboxylic acids is 12. The van der Waals surface area contributed by atoms with Crippen molar-refractivity contribution in [3.8, 4) is 5.75 Å². The fourth-order valence-corrected chi connectivity index (χ4v) is 8.20. The number of fused-ring (bicyclic) bond motifs is 1. The van der Waals surface area contributed by atoms with E-state index in [-0.39, 0.29) is 83.3 Å². The van der Waals surface area contributed by atoms with E-state index < -0.39 is 91.0 Å². The Morgan fingerprint density at radius 1 is 0.654 bits per heavy atom. The van der Waals surface area contributed by atoms with E-state index in [0.717, 1.165) is 33.7 Å². The SMILES string of the molecule is O=C(CCN1C(=O)C=CC1=O)NCC(=O)NCC(=O)N[C@@H](Cc1ccccc1)C(=O)NCC(=O)NCCC(=O)OCc1ccc(COc2ccc(NC(=O)NCc3ccc4c(c3)CN(C3CCC(=O)NC3=O)C4=O)cc2)cc1. The average molecular weight is 1070 g/mol. The highest BCUT2D eigenvalue weighted by atomic mass is 16.5. The van der Waals surface area contributed by atoms with E-state index in [1.807, 2.05) is 18.2 Å². The Hall–Kier alpha value is -9.74. The number of nitrogens with zero attached hydrogens (tertiary/aromatic N) is 2. The third-order valence-corrected chi connectivity index (χ3v) is 12.3. The second kappa shape index (κ2) is 27.2. The molecule has 0 aliphatic carbocycles. The first-order valence-electron chi connectivity index (χ1n) is 24.8. The number of hydrogen-bond acceptors (Lipinski definition) is 14. The van der Waals surface area contributed by atoms with Gasteiger partial charge in [-0.15, -0.1) is 0 Å².